The van der Waals surface area contributed by atoms with Crippen molar-refractivity contribution >= 4 is 27.5 Å². The Labute approximate surface area is 125 Å². The highest BCUT2D eigenvalue weighted by Gasteiger charge is 2.14. The Bertz CT molecular complexity index is 577. The fourth-order valence-electron chi connectivity index (χ4n) is 1.90. The van der Waals surface area contributed by atoms with Crippen molar-refractivity contribution in [1.82, 2.24) is 5.43 Å². The molecule has 0 aliphatic rings. The first-order valence-corrected chi connectivity index (χ1v) is 6.88. The van der Waals surface area contributed by atoms with Gasteiger partial charge in [-0.2, -0.15) is 0 Å². The molecule has 100 valence electrons. The topological polar surface area (TPSA) is 47.3 Å². The fourth-order valence-corrected chi connectivity index (χ4v) is 2.33. The number of benzene rings is 2. The largest absolute Gasteiger partial charge is 0.497 e. The number of halogens is 2. The molecular formula is C14H14BrClN2O. The molecule has 0 heterocycles. The van der Waals surface area contributed by atoms with Crippen molar-refractivity contribution in [3.8, 4) is 5.75 Å². The molecule has 3 N–H and O–H groups in total. The Kier molecular flexibility index (Phi) is 4.82. The maximum absolute atomic E-state index is 6.12. The van der Waals surface area contributed by atoms with E-state index in [4.69, 9.17) is 22.2 Å². The van der Waals surface area contributed by atoms with Crippen molar-refractivity contribution in [3.63, 3.8) is 0 Å². The molecule has 0 saturated carbocycles. The summed E-state index contributed by atoms with van der Waals surface area (Å²) >= 11 is 9.50. The molecule has 3 nitrogen and oxygen atoms in total. The van der Waals surface area contributed by atoms with Crippen molar-refractivity contribution in [1.29, 1.82) is 0 Å². The lowest BCUT2D eigenvalue weighted by Gasteiger charge is -2.18. The second-order valence-corrected chi connectivity index (χ2v) is 5.31. The van der Waals surface area contributed by atoms with Crippen LogP contribution in [0.3, 0.4) is 0 Å². The zero-order valence-electron chi connectivity index (χ0n) is 10.4. The molecular weight excluding hydrogens is 328 g/mol. The van der Waals surface area contributed by atoms with Gasteiger partial charge in [0.15, 0.2) is 0 Å². The van der Waals surface area contributed by atoms with Crippen molar-refractivity contribution < 1.29 is 4.74 Å². The monoisotopic (exact) mass is 340 g/mol. The van der Waals surface area contributed by atoms with Gasteiger partial charge in [-0.1, -0.05) is 29.8 Å². The van der Waals surface area contributed by atoms with Gasteiger partial charge in [0.1, 0.15) is 5.75 Å². The number of nitrogens with one attached hydrogen (secondary N) is 1. The lowest BCUT2D eigenvalue weighted by Crippen LogP contribution is -2.28. The number of methoxy groups -OCH3 is 1. The fraction of sp³-hybridized carbons (Fsp3) is 0.143. The molecule has 1 unspecified atom stereocenters. The van der Waals surface area contributed by atoms with E-state index in [1.807, 2.05) is 42.5 Å². The molecule has 0 amide bonds. The lowest BCUT2D eigenvalue weighted by atomic mass is 9.99. The van der Waals surface area contributed by atoms with Crippen LogP contribution in [0.25, 0.3) is 0 Å². The summed E-state index contributed by atoms with van der Waals surface area (Å²) in [6.07, 6.45) is 0. The van der Waals surface area contributed by atoms with Gasteiger partial charge in [-0.3, -0.25) is 5.84 Å². The first kappa shape index (κ1) is 14.3. The number of hydrogen-bond acceptors (Lipinski definition) is 3. The summed E-state index contributed by atoms with van der Waals surface area (Å²) in [7, 11) is 1.64. The second-order valence-electron chi connectivity index (χ2n) is 4.05. The molecule has 2 aromatic carbocycles. The summed E-state index contributed by atoms with van der Waals surface area (Å²) in [5.74, 6) is 6.46. The predicted molar refractivity (Wildman–Crippen MR) is 81.3 cm³/mol. The van der Waals surface area contributed by atoms with Gasteiger partial charge in [-0.15, -0.1) is 0 Å². The average Bonchev–Trinajstić information content (AvgIpc) is 2.44. The first-order chi connectivity index (χ1) is 9.15. The van der Waals surface area contributed by atoms with Gasteiger partial charge in [-0.05, 0) is 51.3 Å². The van der Waals surface area contributed by atoms with E-state index in [1.54, 1.807) is 7.11 Å². The van der Waals surface area contributed by atoms with E-state index < -0.39 is 0 Å². The Balaban J connectivity index is 2.40. The van der Waals surface area contributed by atoms with E-state index in [0.29, 0.717) is 5.02 Å². The summed E-state index contributed by atoms with van der Waals surface area (Å²) in [6, 6.07) is 13.4. The zero-order valence-corrected chi connectivity index (χ0v) is 12.7. The summed E-state index contributed by atoms with van der Waals surface area (Å²) in [5.41, 5.74) is 4.81. The molecule has 19 heavy (non-hydrogen) atoms. The maximum Gasteiger partial charge on any atom is 0.119 e. The van der Waals surface area contributed by atoms with E-state index in [9.17, 15) is 0 Å². The molecule has 1 atom stereocenters. The number of nitrogens with two attached hydrogens (primary N) is 1. The molecule has 0 aliphatic heterocycles. The number of hydrazine groups is 1. The van der Waals surface area contributed by atoms with Gasteiger partial charge >= 0.3 is 0 Å². The van der Waals surface area contributed by atoms with Crippen LogP contribution in [0.5, 0.6) is 5.75 Å². The summed E-state index contributed by atoms with van der Waals surface area (Å²) in [4.78, 5) is 0. The Morgan fingerprint density at radius 2 is 1.95 bits per heavy atom. The number of rotatable bonds is 4. The van der Waals surface area contributed by atoms with Gasteiger partial charge in [0.05, 0.1) is 18.2 Å². The van der Waals surface area contributed by atoms with Crippen molar-refractivity contribution in [2.45, 2.75) is 6.04 Å². The van der Waals surface area contributed by atoms with Crippen LogP contribution in [0.4, 0.5) is 0 Å². The normalized spacial score (nSPS) is 12.2. The van der Waals surface area contributed by atoms with Crippen LogP contribution in [0.2, 0.25) is 5.02 Å². The third-order valence-electron chi connectivity index (χ3n) is 2.87. The van der Waals surface area contributed by atoms with Crippen LogP contribution in [0.15, 0.2) is 46.9 Å². The standard InChI is InChI=1S/C14H14BrClN2O/c1-19-11-4-2-3-9(7-11)14(18-17)10-5-6-12(15)13(16)8-10/h2-8,14,18H,17H2,1H3. The highest BCUT2D eigenvalue weighted by molar-refractivity contribution is 9.10. The minimum absolute atomic E-state index is 0.138. The molecule has 0 fully saturated rings. The Morgan fingerprint density at radius 1 is 1.21 bits per heavy atom. The van der Waals surface area contributed by atoms with Gasteiger partial charge in [0.2, 0.25) is 0 Å². The third-order valence-corrected chi connectivity index (χ3v) is 4.10. The first-order valence-electron chi connectivity index (χ1n) is 5.70. The van der Waals surface area contributed by atoms with Gasteiger partial charge < -0.3 is 4.74 Å². The third kappa shape index (κ3) is 3.28. The zero-order chi connectivity index (χ0) is 13.8. The molecule has 0 aliphatic carbocycles. The van der Waals surface area contributed by atoms with Crippen LogP contribution in [0.1, 0.15) is 17.2 Å². The van der Waals surface area contributed by atoms with Crippen molar-refractivity contribution in [2.24, 2.45) is 5.84 Å². The summed E-state index contributed by atoms with van der Waals surface area (Å²) in [6.45, 7) is 0. The molecule has 2 aromatic rings. The van der Waals surface area contributed by atoms with Gasteiger partial charge in [-0.25, -0.2) is 5.43 Å². The summed E-state index contributed by atoms with van der Waals surface area (Å²) < 4.78 is 6.09. The van der Waals surface area contributed by atoms with Crippen LogP contribution in [-0.4, -0.2) is 7.11 Å². The van der Waals surface area contributed by atoms with Gasteiger partial charge in [0.25, 0.3) is 0 Å². The van der Waals surface area contributed by atoms with Crippen LogP contribution < -0.4 is 16.0 Å². The quantitative estimate of drug-likeness (QED) is 0.659. The van der Waals surface area contributed by atoms with Gasteiger partial charge in [0, 0.05) is 4.47 Å². The highest BCUT2D eigenvalue weighted by Crippen LogP contribution is 2.29. The van der Waals surface area contributed by atoms with Crippen LogP contribution in [-0.2, 0) is 0 Å². The van der Waals surface area contributed by atoms with Crippen LogP contribution in [0, 0.1) is 0 Å². The molecule has 5 heteroatoms. The lowest BCUT2D eigenvalue weighted by molar-refractivity contribution is 0.413. The predicted octanol–water partition coefficient (Wildman–Crippen LogP) is 3.66. The highest BCUT2D eigenvalue weighted by atomic mass is 79.9. The molecule has 0 bridgehead atoms. The molecule has 2 rings (SSSR count). The molecule has 0 spiro atoms. The van der Waals surface area contributed by atoms with E-state index in [1.165, 1.54) is 0 Å². The molecule has 0 radical (unpaired) electrons. The van der Waals surface area contributed by atoms with Crippen LogP contribution >= 0.6 is 27.5 Å². The molecule has 0 aromatic heterocycles. The number of ether oxygens (including phenoxy) is 1. The van der Waals surface area contributed by atoms with E-state index in [2.05, 4.69) is 21.4 Å². The average molecular weight is 342 g/mol. The van der Waals surface area contributed by atoms with E-state index in [-0.39, 0.29) is 6.04 Å². The Hall–Kier alpha value is -1.07. The SMILES string of the molecule is COc1cccc(C(NN)c2ccc(Br)c(Cl)c2)c1. The van der Waals surface area contributed by atoms with E-state index in [0.717, 1.165) is 21.3 Å². The minimum Gasteiger partial charge on any atom is -0.497 e. The van der Waals surface area contributed by atoms with Crippen molar-refractivity contribution in [3.05, 3.63) is 63.1 Å². The Morgan fingerprint density at radius 3 is 2.58 bits per heavy atom. The number of hydrogen-bond donors (Lipinski definition) is 2. The smallest absolute Gasteiger partial charge is 0.119 e. The molecule has 0 saturated heterocycles. The summed E-state index contributed by atoms with van der Waals surface area (Å²) in [5, 5.41) is 0.653. The second kappa shape index (κ2) is 6.39. The van der Waals surface area contributed by atoms with Crippen molar-refractivity contribution in [2.75, 3.05) is 7.11 Å². The minimum atomic E-state index is -0.138. The maximum atomic E-state index is 6.12. The van der Waals surface area contributed by atoms with E-state index >= 15 is 0 Å².